The van der Waals surface area contributed by atoms with Gasteiger partial charge >= 0.3 is 0 Å². The van der Waals surface area contributed by atoms with E-state index in [1.54, 1.807) is 0 Å². The van der Waals surface area contributed by atoms with Gasteiger partial charge in [-0.25, -0.2) is 0 Å². The molecule has 0 aromatic rings. The van der Waals surface area contributed by atoms with E-state index >= 15 is 0 Å². The molecular formula is C16H29NO4Si. The van der Waals surface area contributed by atoms with Crippen LogP contribution < -0.4 is 5.32 Å². The largest absolute Gasteiger partial charge is 0.504 e. The molecular weight excluding hydrogens is 298 g/mol. The van der Waals surface area contributed by atoms with Crippen molar-refractivity contribution in [1.82, 2.24) is 5.32 Å². The van der Waals surface area contributed by atoms with E-state index in [1.807, 2.05) is 6.92 Å². The summed E-state index contributed by atoms with van der Waals surface area (Å²) in [6, 6.07) is 0. The molecule has 1 amide bonds. The van der Waals surface area contributed by atoms with Gasteiger partial charge in [0, 0.05) is 13.0 Å². The fourth-order valence-corrected chi connectivity index (χ4v) is 3.40. The lowest BCUT2D eigenvalue weighted by atomic mass is 9.92. The Morgan fingerprint density at radius 1 is 1.45 bits per heavy atom. The molecule has 0 aromatic heterocycles. The van der Waals surface area contributed by atoms with Crippen LogP contribution in [0.1, 0.15) is 34.1 Å². The lowest BCUT2D eigenvalue weighted by Gasteiger charge is -2.38. The molecule has 1 aliphatic heterocycles. The first-order valence-electron chi connectivity index (χ1n) is 7.71. The van der Waals surface area contributed by atoms with E-state index in [0.29, 0.717) is 12.1 Å². The first-order valence-corrected chi connectivity index (χ1v) is 10.6. The minimum absolute atomic E-state index is 0.0527. The highest BCUT2D eigenvalue weighted by molar-refractivity contribution is 6.74. The van der Waals surface area contributed by atoms with Crippen LogP contribution >= 0.6 is 0 Å². The molecule has 0 aromatic carbocycles. The van der Waals surface area contributed by atoms with E-state index in [1.165, 1.54) is 13.4 Å². The van der Waals surface area contributed by atoms with Crippen LogP contribution in [-0.4, -0.2) is 39.8 Å². The third kappa shape index (κ3) is 4.43. The van der Waals surface area contributed by atoms with Crippen molar-refractivity contribution >= 4 is 20.0 Å². The molecule has 1 N–H and O–H groups in total. The van der Waals surface area contributed by atoms with Crippen molar-refractivity contribution in [2.75, 3.05) is 13.7 Å². The number of carbonyl (C=O) groups excluding carboxylic acids is 2. The van der Waals surface area contributed by atoms with Gasteiger partial charge in [-0.15, -0.1) is 0 Å². The minimum Gasteiger partial charge on any atom is -0.504 e. The van der Waals surface area contributed by atoms with Crippen LogP contribution in [0.2, 0.25) is 18.1 Å². The normalized spacial score (nSPS) is 21.0. The molecule has 22 heavy (non-hydrogen) atoms. The summed E-state index contributed by atoms with van der Waals surface area (Å²) in [5.74, 6) is -0.344. The van der Waals surface area contributed by atoms with Crippen molar-refractivity contribution < 1.29 is 18.8 Å². The molecule has 0 spiro atoms. The van der Waals surface area contributed by atoms with Crippen LogP contribution in [0.25, 0.3) is 0 Å². The van der Waals surface area contributed by atoms with E-state index in [0.717, 1.165) is 0 Å². The molecule has 5 nitrogen and oxygen atoms in total. The van der Waals surface area contributed by atoms with Gasteiger partial charge in [-0.05, 0) is 25.1 Å². The maximum atomic E-state index is 12.5. The summed E-state index contributed by atoms with van der Waals surface area (Å²) in [5.41, 5.74) is 0.507. The number of amides is 1. The first kappa shape index (κ1) is 18.9. The molecule has 0 aliphatic carbocycles. The second-order valence-corrected chi connectivity index (χ2v) is 12.2. The summed E-state index contributed by atoms with van der Waals surface area (Å²) >= 11 is 0. The first-order chi connectivity index (χ1) is 9.99. The van der Waals surface area contributed by atoms with E-state index in [9.17, 15) is 9.59 Å². The van der Waals surface area contributed by atoms with Crippen molar-refractivity contribution in [3.63, 3.8) is 0 Å². The summed E-state index contributed by atoms with van der Waals surface area (Å²) in [6.07, 6.45) is 1.33. The van der Waals surface area contributed by atoms with Crippen LogP contribution in [0.5, 0.6) is 0 Å². The lowest BCUT2D eigenvalue weighted by molar-refractivity contribution is -0.134. The predicted molar refractivity (Wildman–Crippen MR) is 89.0 cm³/mol. The van der Waals surface area contributed by atoms with Gasteiger partial charge in [-0.1, -0.05) is 20.8 Å². The number of carbonyl (C=O) groups is 2. The number of β-lactam (4-membered cyclic amide) rings is 1. The Bertz CT molecular complexity index is 465. The highest BCUT2D eigenvalue weighted by atomic mass is 28.4. The van der Waals surface area contributed by atoms with E-state index in [4.69, 9.17) is 9.16 Å². The summed E-state index contributed by atoms with van der Waals surface area (Å²) in [4.78, 5) is 23.8. The van der Waals surface area contributed by atoms with Gasteiger partial charge < -0.3 is 14.5 Å². The van der Waals surface area contributed by atoms with Crippen LogP contribution in [-0.2, 0) is 18.8 Å². The number of hydrogen-bond donors (Lipinski definition) is 1. The van der Waals surface area contributed by atoms with Crippen molar-refractivity contribution in [2.45, 2.75) is 58.4 Å². The fourth-order valence-electron chi connectivity index (χ4n) is 2.03. The average molecular weight is 327 g/mol. The standard InChI is InChI=1S/C16H29NO4Si/c1-11(21-22(6,7)16(2,3)4)13(10-20-5)14(18)8-12-9-17-15(12)19/h10-12H,8-9H2,1-7H3,(H,17,19)/b13-10-/t11-,12+/m1/s1. The number of ether oxygens (including phenoxy) is 1. The summed E-state index contributed by atoms with van der Waals surface area (Å²) < 4.78 is 11.3. The van der Waals surface area contributed by atoms with Crippen molar-refractivity contribution in [3.8, 4) is 0 Å². The zero-order valence-electron chi connectivity index (χ0n) is 14.8. The Kier molecular flexibility index (Phi) is 5.98. The second-order valence-electron chi connectivity index (χ2n) is 7.40. The molecule has 0 unspecified atom stereocenters. The van der Waals surface area contributed by atoms with Gasteiger partial charge in [0.25, 0.3) is 0 Å². The molecule has 0 saturated carbocycles. The van der Waals surface area contributed by atoms with Gasteiger partial charge in [0.2, 0.25) is 5.91 Å². The van der Waals surface area contributed by atoms with Crippen LogP contribution in [0.3, 0.4) is 0 Å². The van der Waals surface area contributed by atoms with E-state index < -0.39 is 8.32 Å². The second kappa shape index (κ2) is 6.96. The molecule has 0 radical (unpaired) electrons. The fraction of sp³-hybridized carbons (Fsp3) is 0.750. The zero-order valence-corrected chi connectivity index (χ0v) is 15.8. The van der Waals surface area contributed by atoms with Crippen LogP contribution in [0, 0.1) is 5.92 Å². The molecule has 1 saturated heterocycles. The Morgan fingerprint density at radius 2 is 2.05 bits per heavy atom. The molecule has 1 rings (SSSR count). The monoisotopic (exact) mass is 327 g/mol. The molecule has 6 heteroatoms. The van der Waals surface area contributed by atoms with E-state index in [2.05, 4.69) is 39.2 Å². The maximum absolute atomic E-state index is 12.5. The van der Waals surface area contributed by atoms with Gasteiger partial charge in [-0.2, -0.15) is 0 Å². The average Bonchev–Trinajstić information content (AvgIpc) is 2.38. The quantitative estimate of drug-likeness (QED) is 0.338. The lowest BCUT2D eigenvalue weighted by Crippen LogP contribution is -2.50. The van der Waals surface area contributed by atoms with Crippen LogP contribution in [0.4, 0.5) is 0 Å². The summed E-state index contributed by atoms with van der Waals surface area (Å²) in [7, 11) is -0.465. The number of rotatable bonds is 7. The number of hydrogen-bond acceptors (Lipinski definition) is 4. The van der Waals surface area contributed by atoms with Crippen molar-refractivity contribution in [2.24, 2.45) is 5.92 Å². The predicted octanol–water partition coefficient (Wildman–Crippen LogP) is 2.63. The molecule has 0 bridgehead atoms. The Labute approximate surface area is 134 Å². The third-order valence-corrected chi connectivity index (χ3v) is 9.16. The minimum atomic E-state index is -1.98. The smallest absolute Gasteiger partial charge is 0.225 e. The van der Waals surface area contributed by atoms with Crippen molar-refractivity contribution in [1.29, 1.82) is 0 Å². The van der Waals surface area contributed by atoms with Crippen LogP contribution in [0.15, 0.2) is 11.8 Å². The van der Waals surface area contributed by atoms with Crippen molar-refractivity contribution in [3.05, 3.63) is 11.8 Å². The Hall–Kier alpha value is -1.14. The topological polar surface area (TPSA) is 64.6 Å². The number of Topliss-reactive ketones (excluding diaryl/α,β-unsaturated/α-hetero) is 1. The summed E-state index contributed by atoms with van der Waals surface area (Å²) in [5, 5.41) is 2.72. The highest BCUT2D eigenvalue weighted by Crippen LogP contribution is 2.38. The highest BCUT2D eigenvalue weighted by Gasteiger charge is 2.40. The number of nitrogens with one attached hydrogen (secondary N) is 1. The SMILES string of the molecule is CO/C=C(\C(=O)C[C@H]1CNC1=O)[C@@H](C)O[Si](C)(C)C(C)(C)C. The summed E-state index contributed by atoms with van der Waals surface area (Å²) in [6.45, 7) is 13.2. The molecule has 1 aliphatic rings. The molecule has 1 heterocycles. The molecule has 1 fully saturated rings. The maximum Gasteiger partial charge on any atom is 0.225 e. The third-order valence-electron chi connectivity index (χ3n) is 4.61. The Balaban J connectivity index is 2.80. The molecule has 2 atom stereocenters. The van der Waals surface area contributed by atoms with Gasteiger partial charge in [-0.3, -0.25) is 9.59 Å². The van der Waals surface area contributed by atoms with Gasteiger partial charge in [0.1, 0.15) is 0 Å². The Morgan fingerprint density at radius 3 is 2.41 bits per heavy atom. The number of methoxy groups -OCH3 is 1. The number of ketones is 1. The van der Waals surface area contributed by atoms with E-state index in [-0.39, 0.29) is 35.2 Å². The van der Waals surface area contributed by atoms with Gasteiger partial charge in [0.05, 0.1) is 31.0 Å². The van der Waals surface area contributed by atoms with Gasteiger partial charge in [0.15, 0.2) is 14.1 Å². The zero-order chi connectivity index (χ0) is 17.1. The molecule has 126 valence electrons.